The molecular formula is C24H18FN5O. The summed E-state index contributed by atoms with van der Waals surface area (Å²) < 4.78 is 14.4. The molecule has 7 heteroatoms. The number of pyridine rings is 2. The number of amides is 1. The van der Waals surface area contributed by atoms with E-state index in [1.54, 1.807) is 54.0 Å². The minimum atomic E-state index is -0.395. The van der Waals surface area contributed by atoms with Crippen LogP contribution in [0.3, 0.4) is 0 Å². The van der Waals surface area contributed by atoms with Crippen molar-refractivity contribution in [2.45, 2.75) is 6.54 Å². The Balaban J connectivity index is 1.39. The molecule has 0 atom stereocenters. The summed E-state index contributed by atoms with van der Waals surface area (Å²) in [5.41, 5.74) is 5.01. The number of carbonyl (C=O) groups excluding carboxylic acids is 1. The number of fused-ring (bicyclic) bond motifs is 1. The molecule has 0 saturated heterocycles. The van der Waals surface area contributed by atoms with Crippen molar-refractivity contribution in [2.24, 2.45) is 0 Å². The summed E-state index contributed by atoms with van der Waals surface area (Å²) in [6, 6.07) is 17.5. The summed E-state index contributed by atoms with van der Waals surface area (Å²) in [4.78, 5) is 22.6. The van der Waals surface area contributed by atoms with Gasteiger partial charge in [-0.3, -0.25) is 14.8 Å². The van der Waals surface area contributed by atoms with Crippen LogP contribution in [0.25, 0.3) is 0 Å². The maximum Gasteiger partial charge on any atom is 0.258 e. The number of aromatic nitrogens is 2. The van der Waals surface area contributed by atoms with Crippen molar-refractivity contribution in [1.82, 2.24) is 9.97 Å². The standard InChI is InChI=1S/C24H18FN5O/c25-22-4-2-20(14-23(22)29-18-7-11-27-12-8-18)30-15-16-13-19(1-3-21(16)24(30)31)28-17-5-9-26-10-6-17/h1-14H,15H2,(H,26,28)(H,27,29). The number of anilines is 5. The second kappa shape index (κ2) is 7.87. The van der Waals surface area contributed by atoms with Crippen molar-refractivity contribution in [1.29, 1.82) is 0 Å². The number of carbonyl (C=O) groups is 1. The van der Waals surface area contributed by atoms with E-state index in [4.69, 9.17) is 0 Å². The van der Waals surface area contributed by atoms with Gasteiger partial charge in [0.25, 0.3) is 5.91 Å². The molecule has 1 amide bonds. The summed E-state index contributed by atoms with van der Waals surface area (Å²) in [5, 5.41) is 6.35. The van der Waals surface area contributed by atoms with Crippen molar-refractivity contribution < 1.29 is 9.18 Å². The van der Waals surface area contributed by atoms with Gasteiger partial charge >= 0.3 is 0 Å². The summed E-state index contributed by atoms with van der Waals surface area (Å²) in [5.74, 6) is -0.500. The Morgan fingerprint density at radius 2 is 1.45 bits per heavy atom. The van der Waals surface area contributed by atoms with Gasteiger partial charge in [-0.1, -0.05) is 0 Å². The van der Waals surface area contributed by atoms with E-state index in [1.165, 1.54) is 6.07 Å². The second-order valence-corrected chi connectivity index (χ2v) is 7.15. The van der Waals surface area contributed by atoms with Gasteiger partial charge in [0.2, 0.25) is 0 Å². The zero-order chi connectivity index (χ0) is 21.2. The Bertz CT molecular complexity index is 1250. The molecule has 6 nitrogen and oxygen atoms in total. The molecule has 0 aliphatic carbocycles. The van der Waals surface area contributed by atoms with Gasteiger partial charge in [0, 0.05) is 53.1 Å². The van der Waals surface area contributed by atoms with Crippen molar-refractivity contribution >= 4 is 34.3 Å². The highest BCUT2D eigenvalue weighted by Crippen LogP contribution is 2.33. The number of hydrogen-bond donors (Lipinski definition) is 2. The predicted octanol–water partition coefficient (Wildman–Crippen LogP) is 5.26. The SMILES string of the molecule is O=C1c2ccc(Nc3ccncc3)cc2CN1c1ccc(F)c(Nc2ccncc2)c1. The number of rotatable bonds is 5. The molecule has 2 aromatic heterocycles. The second-order valence-electron chi connectivity index (χ2n) is 7.15. The van der Waals surface area contributed by atoms with Crippen LogP contribution >= 0.6 is 0 Å². The van der Waals surface area contributed by atoms with Crippen molar-refractivity contribution in [3.05, 3.63) is 102 Å². The zero-order valence-electron chi connectivity index (χ0n) is 16.4. The Hall–Kier alpha value is -4.26. The van der Waals surface area contributed by atoms with Crippen LogP contribution < -0.4 is 15.5 Å². The fourth-order valence-corrected chi connectivity index (χ4v) is 3.58. The van der Waals surface area contributed by atoms with Crippen LogP contribution in [0.2, 0.25) is 0 Å². The van der Waals surface area contributed by atoms with Gasteiger partial charge in [0.1, 0.15) is 5.82 Å². The summed E-state index contributed by atoms with van der Waals surface area (Å²) in [7, 11) is 0. The molecule has 3 heterocycles. The monoisotopic (exact) mass is 411 g/mol. The van der Waals surface area contributed by atoms with Crippen LogP contribution in [-0.4, -0.2) is 15.9 Å². The normalized spacial score (nSPS) is 12.5. The third kappa shape index (κ3) is 3.81. The summed E-state index contributed by atoms with van der Waals surface area (Å²) >= 11 is 0. The predicted molar refractivity (Wildman–Crippen MR) is 118 cm³/mol. The molecule has 1 aliphatic rings. The van der Waals surface area contributed by atoms with Crippen molar-refractivity contribution in [3.63, 3.8) is 0 Å². The third-order valence-corrected chi connectivity index (χ3v) is 5.10. The van der Waals surface area contributed by atoms with Gasteiger partial charge in [0.05, 0.1) is 12.2 Å². The molecule has 0 saturated carbocycles. The van der Waals surface area contributed by atoms with Gasteiger partial charge in [-0.05, 0) is 66.2 Å². The molecule has 31 heavy (non-hydrogen) atoms. The highest BCUT2D eigenvalue weighted by atomic mass is 19.1. The van der Waals surface area contributed by atoms with E-state index in [9.17, 15) is 9.18 Å². The lowest BCUT2D eigenvalue weighted by molar-refractivity contribution is 0.0996. The minimum Gasteiger partial charge on any atom is -0.355 e. The zero-order valence-corrected chi connectivity index (χ0v) is 16.4. The molecule has 0 spiro atoms. The first-order valence-corrected chi connectivity index (χ1v) is 9.76. The molecule has 0 bridgehead atoms. The molecule has 5 rings (SSSR count). The first-order chi connectivity index (χ1) is 15.2. The molecule has 0 unspecified atom stereocenters. The van der Waals surface area contributed by atoms with Crippen LogP contribution in [0.4, 0.5) is 32.8 Å². The van der Waals surface area contributed by atoms with E-state index in [2.05, 4.69) is 20.6 Å². The lowest BCUT2D eigenvalue weighted by Gasteiger charge is -2.18. The highest BCUT2D eigenvalue weighted by molar-refractivity contribution is 6.10. The maximum atomic E-state index is 14.4. The van der Waals surface area contributed by atoms with Gasteiger partial charge < -0.3 is 15.5 Å². The molecule has 2 N–H and O–H groups in total. The van der Waals surface area contributed by atoms with Crippen LogP contribution in [0.1, 0.15) is 15.9 Å². The van der Waals surface area contributed by atoms with E-state index in [0.717, 1.165) is 16.9 Å². The van der Waals surface area contributed by atoms with E-state index in [1.807, 2.05) is 30.3 Å². The van der Waals surface area contributed by atoms with Gasteiger partial charge in [-0.2, -0.15) is 0 Å². The molecular weight excluding hydrogens is 393 g/mol. The number of nitrogens with one attached hydrogen (secondary N) is 2. The van der Waals surface area contributed by atoms with E-state index in [-0.39, 0.29) is 5.91 Å². The van der Waals surface area contributed by atoms with E-state index < -0.39 is 5.82 Å². The van der Waals surface area contributed by atoms with E-state index >= 15 is 0 Å². The first-order valence-electron chi connectivity index (χ1n) is 9.76. The fraction of sp³-hybridized carbons (Fsp3) is 0.0417. The summed E-state index contributed by atoms with van der Waals surface area (Å²) in [6.45, 7) is 0.417. The Morgan fingerprint density at radius 1 is 0.774 bits per heavy atom. The third-order valence-electron chi connectivity index (χ3n) is 5.10. The highest BCUT2D eigenvalue weighted by Gasteiger charge is 2.29. The molecule has 1 aliphatic heterocycles. The van der Waals surface area contributed by atoms with Crippen LogP contribution in [0, 0.1) is 5.82 Å². The average Bonchev–Trinajstić information content (AvgIpc) is 3.12. The Morgan fingerprint density at radius 3 is 2.16 bits per heavy atom. The molecule has 0 fully saturated rings. The van der Waals surface area contributed by atoms with Gasteiger partial charge in [-0.15, -0.1) is 0 Å². The summed E-state index contributed by atoms with van der Waals surface area (Å²) in [6.07, 6.45) is 6.69. The number of benzene rings is 2. The van der Waals surface area contributed by atoms with Gasteiger partial charge in [0.15, 0.2) is 0 Å². The van der Waals surface area contributed by atoms with Crippen LogP contribution in [0.5, 0.6) is 0 Å². The smallest absolute Gasteiger partial charge is 0.258 e. The first kappa shape index (κ1) is 18.7. The van der Waals surface area contributed by atoms with Crippen molar-refractivity contribution in [2.75, 3.05) is 15.5 Å². The molecule has 0 radical (unpaired) electrons. The fourth-order valence-electron chi connectivity index (χ4n) is 3.58. The Labute approximate surface area is 178 Å². The lowest BCUT2D eigenvalue weighted by atomic mass is 10.1. The topological polar surface area (TPSA) is 70.2 Å². The Kier molecular flexibility index (Phi) is 4.76. The number of nitrogens with zero attached hydrogens (tertiary/aromatic N) is 3. The van der Waals surface area contributed by atoms with E-state index in [0.29, 0.717) is 29.2 Å². The quantitative estimate of drug-likeness (QED) is 0.469. The lowest BCUT2D eigenvalue weighted by Crippen LogP contribution is -2.23. The maximum absolute atomic E-state index is 14.4. The van der Waals surface area contributed by atoms with Crippen molar-refractivity contribution in [3.8, 4) is 0 Å². The number of hydrogen-bond acceptors (Lipinski definition) is 5. The van der Waals surface area contributed by atoms with Gasteiger partial charge in [-0.25, -0.2) is 4.39 Å². The largest absolute Gasteiger partial charge is 0.355 e. The van der Waals surface area contributed by atoms with Crippen LogP contribution in [-0.2, 0) is 6.54 Å². The molecule has 2 aromatic carbocycles. The minimum absolute atomic E-state index is 0.105. The molecule has 152 valence electrons. The molecule has 4 aromatic rings. The van der Waals surface area contributed by atoms with Crippen LogP contribution in [0.15, 0.2) is 85.5 Å². The number of halogens is 1. The average molecular weight is 411 g/mol.